The second kappa shape index (κ2) is 7.29. The summed E-state index contributed by atoms with van der Waals surface area (Å²) in [6.07, 6.45) is 6.91. The van der Waals surface area contributed by atoms with Gasteiger partial charge in [0, 0.05) is 32.4 Å². The van der Waals surface area contributed by atoms with Gasteiger partial charge in [-0.2, -0.15) is 0 Å². The standard InChI is InChI=1S/C18H23N5O/c1-22(17-12-20-11-16(21-17)18(19)24)13-14-5-7-15(8-6-14)23-9-3-2-4-10-23/h5-8,11-12H,2-4,9-10,13H2,1H3,(H2,19,24). The summed E-state index contributed by atoms with van der Waals surface area (Å²) in [6, 6.07) is 8.65. The number of aromatic nitrogens is 2. The summed E-state index contributed by atoms with van der Waals surface area (Å²) < 4.78 is 0. The van der Waals surface area contributed by atoms with E-state index in [0.717, 1.165) is 13.1 Å². The van der Waals surface area contributed by atoms with Crippen LogP contribution in [0.3, 0.4) is 0 Å². The maximum absolute atomic E-state index is 11.2. The van der Waals surface area contributed by atoms with Crippen molar-refractivity contribution >= 4 is 17.4 Å². The van der Waals surface area contributed by atoms with Crippen LogP contribution in [0.4, 0.5) is 11.5 Å². The molecule has 6 heteroatoms. The number of carbonyl (C=O) groups is 1. The van der Waals surface area contributed by atoms with E-state index < -0.39 is 5.91 Å². The Morgan fingerprint density at radius 1 is 1.17 bits per heavy atom. The molecule has 0 saturated carbocycles. The maximum Gasteiger partial charge on any atom is 0.268 e. The summed E-state index contributed by atoms with van der Waals surface area (Å²) in [5, 5.41) is 0. The van der Waals surface area contributed by atoms with Gasteiger partial charge in [0.05, 0.1) is 12.4 Å². The van der Waals surface area contributed by atoms with E-state index in [1.165, 1.54) is 36.7 Å². The van der Waals surface area contributed by atoms with Crippen LogP contribution in [0.5, 0.6) is 0 Å². The monoisotopic (exact) mass is 325 g/mol. The first kappa shape index (κ1) is 16.2. The van der Waals surface area contributed by atoms with Crippen molar-refractivity contribution in [2.24, 2.45) is 5.73 Å². The van der Waals surface area contributed by atoms with Gasteiger partial charge in [0.1, 0.15) is 11.5 Å². The van der Waals surface area contributed by atoms with Gasteiger partial charge >= 0.3 is 0 Å². The molecule has 0 spiro atoms. The average molecular weight is 325 g/mol. The number of amides is 1. The third kappa shape index (κ3) is 3.82. The third-order valence-corrected chi connectivity index (χ3v) is 4.34. The van der Waals surface area contributed by atoms with Crippen molar-refractivity contribution in [2.45, 2.75) is 25.8 Å². The molecule has 0 radical (unpaired) electrons. The normalized spacial score (nSPS) is 14.5. The lowest BCUT2D eigenvalue weighted by Crippen LogP contribution is -2.29. The van der Waals surface area contributed by atoms with Crippen LogP contribution < -0.4 is 15.5 Å². The highest BCUT2D eigenvalue weighted by Crippen LogP contribution is 2.21. The number of anilines is 2. The molecule has 2 N–H and O–H groups in total. The van der Waals surface area contributed by atoms with E-state index in [9.17, 15) is 4.79 Å². The van der Waals surface area contributed by atoms with Crippen molar-refractivity contribution in [1.29, 1.82) is 0 Å². The zero-order chi connectivity index (χ0) is 16.9. The first-order valence-corrected chi connectivity index (χ1v) is 8.30. The second-order valence-corrected chi connectivity index (χ2v) is 6.20. The van der Waals surface area contributed by atoms with Crippen molar-refractivity contribution in [2.75, 3.05) is 29.9 Å². The van der Waals surface area contributed by atoms with E-state index in [-0.39, 0.29) is 5.69 Å². The summed E-state index contributed by atoms with van der Waals surface area (Å²) in [4.78, 5) is 23.9. The number of benzene rings is 1. The van der Waals surface area contributed by atoms with Crippen molar-refractivity contribution in [3.63, 3.8) is 0 Å². The maximum atomic E-state index is 11.2. The SMILES string of the molecule is CN(Cc1ccc(N2CCCCC2)cc1)c1cncc(C(N)=O)n1. The van der Waals surface area contributed by atoms with Crippen LogP contribution in [0, 0.1) is 0 Å². The first-order chi connectivity index (χ1) is 11.6. The van der Waals surface area contributed by atoms with Gasteiger partial charge in [-0.1, -0.05) is 12.1 Å². The van der Waals surface area contributed by atoms with Gasteiger partial charge in [-0.15, -0.1) is 0 Å². The molecule has 1 saturated heterocycles. The summed E-state index contributed by atoms with van der Waals surface area (Å²) in [5.74, 6) is 0.0649. The van der Waals surface area contributed by atoms with Crippen LogP contribution >= 0.6 is 0 Å². The van der Waals surface area contributed by atoms with Gasteiger partial charge in [0.25, 0.3) is 5.91 Å². The van der Waals surface area contributed by atoms with Gasteiger partial charge in [0.15, 0.2) is 0 Å². The molecule has 24 heavy (non-hydrogen) atoms. The topological polar surface area (TPSA) is 75.3 Å². The fraction of sp³-hybridized carbons (Fsp3) is 0.389. The van der Waals surface area contributed by atoms with E-state index in [1.807, 2.05) is 11.9 Å². The number of hydrogen-bond donors (Lipinski definition) is 1. The lowest BCUT2D eigenvalue weighted by molar-refractivity contribution is 0.0995. The molecule has 1 aliphatic rings. The molecule has 1 aromatic carbocycles. The summed E-state index contributed by atoms with van der Waals surface area (Å²) in [6.45, 7) is 2.99. The molecule has 2 heterocycles. The zero-order valence-corrected chi connectivity index (χ0v) is 14.0. The summed E-state index contributed by atoms with van der Waals surface area (Å²) in [5.41, 5.74) is 7.91. The summed E-state index contributed by atoms with van der Waals surface area (Å²) >= 11 is 0. The summed E-state index contributed by atoms with van der Waals surface area (Å²) in [7, 11) is 1.92. The highest BCUT2D eigenvalue weighted by molar-refractivity contribution is 5.90. The number of carbonyl (C=O) groups excluding carboxylic acids is 1. The highest BCUT2D eigenvalue weighted by Gasteiger charge is 2.12. The van der Waals surface area contributed by atoms with Gasteiger partial charge in [-0.25, -0.2) is 4.98 Å². The quantitative estimate of drug-likeness (QED) is 0.912. The molecule has 2 aromatic rings. The fourth-order valence-electron chi connectivity index (χ4n) is 2.98. The van der Waals surface area contributed by atoms with Crippen LogP contribution in [0.15, 0.2) is 36.7 Å². The zero-order valence-electron chi connectivity index (χ0n) is 14.0. The van der Waals surface area contributed by atoms with Crippen molar-refractivity contribution in [3.8, 4) is 0 Å². The van der Waals surface area contributed by atoms with E-state index in [2.05, 4.69) is 39.1 Å². The van der Waals surface area contributed by atoms with Crippen molar-refractivity contribution in [1.82, 2.24) is 9.97 Å². The molecule has 1 aromatic heterocycles. The van der Waals surface area contributed by atoms with Crippen LogP contribution in [-0.4, -0.2) is 36.0 Å². The second-order valence-electron chi connectivity index (χ2n) is 6.20. The van der Waals surface area contributed by atoms with E-state index in [0.29, 0.717) is 12.4 Å². The van der Waals surface area contributed by atoms with Crippen LogP contribution in [0.25, 0.3) is 0 Å². The van der Waals surface area contributed by atoms with Gasteiger partial charge in [-0.3, -0.25) is 9.78 Å². The predicted octanol–water partition coefficient (Wildman–Crippen LogP) is 2.20. The minimum Gasteiger partial charge on any atom is -0.372 e. The fourth-order valence-corrected chi connectivity index (χ4v) is 2.98. The minimum atomic E-state index is -0.566. The van der Waals surface area contributed by atoms with E-state index >= 15 is 0 Å². The molecule has 1 fully saturated rings. The van der Waals surface area contributed by atoms with E-state index in [1.54, 1.807) is 6.20 Å². The van der Waals surface area contributed by atoms with Gasteiger partial charge < -0.3 is 15.5 Å². The number of piperidine rings is 1. The molecule has 3 rings (SSSR count). The third-order valence-electron chi connectivity index (χ3n) is 4.34. The molecule has 1 aliphatic heterocycles. The minimum absolute atomic E-state index is 0.180. The molecule has 0 bridgehead atoms. The average Bonchev–Trinajstić information content (AvgIpc) is 2.63. The van der Waals surface area contributed by atoms with Gasteiger partial charge in [0.2, 0.25) is 0 Å². The first-order valence-electron chi connectivity index (χ1n) is 8.30. The molecular formula is C18H23N5O. The number of hydrogen-bond acceptors (Lipinski definition) is 5. The number of rotatable bonds is 5. The highest BCUT2D eigenvalue weighted by atomic mass is 16.1. The van der Waals surface area contributed by atoms with Crippen molar-refractivity contribution in [3.05, 3.63) is 47.9 Å². The Morgan fingerprint density at radius 3 is 2.54 bits per heavy atom. The largest absolute Gasteiger partial charge is 0.372 e. The number of primary amides is 1. The van der Waals surface area contributed by atoms with Crippen LogP contribution in [0.1, 0.15) is 35.3 Å². The van der Waals surface area contributed by atoms with Crippen LogP contribution in [-0.2, 0) is 6.54 Å². The predicted molar refractivity (Wildman–Crippen MR) is 95.2 cm³/mol. The Hall–Kier alpha value is -2.63. The number of nitrogens with two attached hydrogens (primary N) is 1. The molecule has 1 amide bonds. The van der Waals surface area contributed by atoms with Gasteiger partial charge in [-0.05, 0) is 37.0 Å². The smallest absolute Gasteiger partial charge is 0.268 e. The molecule has 6 nitrogen and oxygen atoms in total. The molecule has 0 aliphatic carbocycles. The molecule has 0 unspecified atom stereocenters. The van der Waals surface area contributed by atoms with Crippen LogP contribution in [0.2, 0.25) is 0 Å². The molecule has 0 atom stereocenters. The Balaban J connectivity index is 1.67. The lowest BCUT2D eigenvalue weighted by Gasteiger charge is -2.29. The molecule has 126 valence electrons. The lowest BCUT2D eigenvalue weighted by atomic mass is 10.1. The van der Waals surface area contributed by atoms with E-state index in [4.69, 9.17) is 5.73 Å². The number of nitrogens with zero attached hydrogens (tertiary/aromatic N) is 4. The molecular weight excluding hydrogens is 302 g/mol. The Kier molecular flexibility index (Phi) is 4.93. The Labute approximate surface area is 142 Å². The Morgan fingerprint density at radius 2 is 1.88 bits per heavy atom. The van der Waals surface area contributed by atoms with Crippen molar-refractivity contribution < 1.29 is 4.79 Å². The Bertz CT molecular complexity index is 695.